The minimum Gasteiger partial charge on any atom is -0.341 e. The van der Waals surface area contributed by atoms with Gasteiger partial charge >= 0.3 is 0 Å². The third-order valence-corrected chi connectivity index (χ3v) is 5.12. The number of benzene rings is 2. The molecule has 0 spiro atoms. The standard InChI is InChI=1S/C21H19F2N3O2/c22-16-8-15(9-17(23)10-16)7-14-5-6-25(11-14)20(27)12-26-13-24-19-4-2-1-3-18(19)21(26)28/h1-4,8-10,13-14H,5-7,11-12H2. The highest BCUT2D eigenvalue weighted by atomic mass is 19.1. The maximum absolute atomic E-state index is 13.4. The van der Waals surface area contributed by atoms with Crippen LogP contribution in [0.5, 0.6) is 0 Å². The van der Waals surface area contributed by atoms with Crippen LogP contribution in [0.3, 0.4) is 0 Å². The van der Waals surface area contributed by atoms with E-state index in [-0.39, 0.29) is 23.9 Å². The van der Waals surface area contributed by atoms with Gasteiger partial charge < -0.3 is 4.90 Å². The summed E-state index contributed by atoms with van der Waals surface area (Å²) < 4.78 is 28.0. The second-order valence-electron chi connectivity index (χ2n) is 7.17. The van der Waals surface area contributed by atoms with E-state index in [2.05, 4.69) is 4.98 Å². The lowest BCUT2D eigenvalue weighted by molar-refractivity contribution is -0.131. The van der Waals surface area contributed by atoms with Gasteiger partial charge in [-0.25, -0.2) is 13.8 Å². The minimum atomic E-state index is -0.593. The van der Waals surface area contributed by atoms with Crippen molar-refractivity contribution in [1.29, 1.82) is 0 Å². The highest BCUT2D eigenvalue weighted by molar-refractivity contribution is 5.79. The first-order valence-electron chi connectivity index (χ1n) is 9.16. The van der Waals surface area contributed by atoms with Gasteiger partial charge in [0, 0.05) is 19.2 Å². The van der Waals surface area contributed by atoms with Gasteiger partial charge in [-0.05, 0) is 48.6 Å². The van der Waals surface area contributed by atoms with Crippen molar-refractivity contribution in [2.24, 2.45) is 5.92 Å². The Labute approximate surface area is 160 Å². The molecule has 1 saturated heterocycles. The summed E-state index contributed by atoms with van der Waals surface area (Å²) in [6.07, 6.45) is 2.66. The fourth-order valence-corrected chi connectivity index (χ4v) is 3.75. The molecule has 1 aromatic heterocycles. The van der Waals surface area contributed by atoms with Crippen molar-refractivity contribution in [3.05, 3.63) is 76.3 Å². The number of hydrogen-bond donors (Lipinski definition) is 0. The van der Waals surface area contributed by atoms with Crippen molar-refractivity contribution < 1.29 is 13.6 Å². The monoisotopic (exact) mass is 383 g/mol. The largest absolute Gasteiger partial charge is 0.341 e. The number of carbonyl (C=O) groups is 1. The van der Waals surface area contributed by atoms with Gasteiger partial charge in [0.2, 0.25) is 5.91 Å². The third kappa shape index (κ3) is 3.78. The molecular weight excluding hydrogens is 364 g/mol. The lowest BCUT2D eigenvalue weighted by atomic mass is 9.98. The second kappa shape index (κ2) is 7.50. The molecule has 2 aromatic carbocycles. The van der Waals surface area contributed by atoms with Crippen molar-refractivity contribution >= 4 is 16.8 Å². The van der Waals surface area contributed by atoms with E-state index in [9.17, 15) is 18.4 Å². The van der Waals surface area contributed by atoms with E-state index in [1.165, 1.54) is 23.0 Å². The zero-order valence-electron chi connectivity index (χ0n) is 15.1. The summed E-state index contributed by atoms with van der Waals surface area (Å²) in [6.45, 7) is 1.00. The highest BCUT2D eigenvalue weighted by Gasteiger charge is 2.27. The summed E-state index contributed by atoms with van der Waals surface area (Å²) in [6, 6.07) is 10.5. The lowest BCUT2D eigenvalue weighted by Crippen LogP contribution is -2.35. The van der Waals surface area contributed by atoms with Gasteiger partial charge in [-0.2, -0.15) is 0 Å². The molecule has 0 bridgehead atoms. The number of halogens is 2. The molecule has 0 saturated carbocycles. The molecule has 1 unspecified atom stereocenters. The molecule has 7 heteroatoms. The van der Waals surface area contributed by atoms with Crippen molar-refractivity contribution in [3.63, 3.8) is 0 Å². The molecule has 2 heterocycles. The summed E-state index contributed by atoms with van der Waals surface area (Å²) in [5.41, 5.74) is 0.941. The molecule has 1 amide bonds. The van der Waals surface area contributed by atoms with Crippen molar-refractivity contribution in [2.75, 3.05) is 13.1 Å². The number of likely N-dealkylation sites (tertiary alicyclic amines) is 1. The average molecular weight is 383 g/mol. The van der Waals surface area contributed by atoms with Gasteiger partial charge in [0.25, 0.3) is 5.56 Å². The van der Waals surface area contributed by atoms with Crippen LogP contribution in [0.1, 0.15) is 12.0 Å². The summed E-state index contributed by atoms with van der Waals surface area (Å²) in [4.78, 5) is 31.1. The van der Waals surface area contributed by atoms with Crippen LogP contribution in [-0.2, 0) is 17.8 Å². The molecule has 0 N–H and O–H groups in total. The van der Waals surface area contributed by atoms with E-state index in [1.54, 1.807) is 29.2 Å². The minimum absolute atomic E-state index is 0.0714. The third-order valence-electron chi connectivity index (χ3n) is 5.12. The van der Waals surface area contributed by atoms with Crippen LogP contribution >= 0.6 is 0 Å². The van der Waals surface area contributed by atoms with Crippen LogP contribution in [-0.4, -0.2) is 33.4 Å². The number of rotatable bonds is 4. The molecule has 5 nitrogen and oxygen atoms in total. The van der Waals surface area contributed by atoms with Crippen molar-refractivity contribution in [1.82, 2.24) is 14.5 Å². The predicted octanol–water partition coefficient (Wildman–Crippen LogP) is 2.77. The Morgan fingerprint density at radius 1 is 1.14 bits per heavy atom. The highest BCUT2D eigenvalue weighted by Crippen LogP contribution is 2.22. The van der Waals surface area contributed by atoms with Crippen LogP contribution in [0, 0.1) is 17.6 Å². The number of hydrogen-bond acceptors (Lipinski definition) is 3. The topological polar surface area (TPSA) is 55.2 Å². The van der Waals surface area contributed by atoms with Crippen LogP contribution in [0.25, 0.3) is 10.9 Å². The first-order valence-corrected chi connectivity index (χ1v) is 9.16. The van der Waals surface area contributed by atoms with Crippen LogP contribution in [0.2, 0.25) is 0 Å². The maximum Gasteiger partial charge on any atom is 0.261 e. The number of amides is 1. The molecule has 0 radical (unpaired) electrons. The molecule has 144 valence electrons. The molecule has 1 atom stereocenters. The average Bonchev–Trinajstić information content (AvgIpc) is 3.12. The summed E-state index contributed by atoms with van der Waals surface area (Å²) >= 11 is 0. The van der Waals surface area contributed by atoms with E-state index < -0.39 is 11.6 Å². The molecule has 3 aromatic rings. The van der Waals surface area contributed by atoms with Gasteiger partial charge in [0.15, 0.2) is 0 Å². The Morgan fingerprint density at radius 3 is 2.68 bits per heavy atom. The SMILES string of the molecule is O=C(Cn1cnc2ccccc2c1=O)N1CCC(Cc2cc(F)cc(F)c2)C1. The van der Waals surface area contributed by atoms with E-state index in [0.29, 0.717) is 36.0 Å². The zero-order valence-corrected chi connectivity index (χ0v) is 15.1. The van der Waals surface area contributed by atoms with Crippen LogP contribution in [0.4, 0.5) is 8.78 Å². The number of carbonyl (C=O) groups excluding carboxylic acids is 1. The first kappa shape index (κ1) is 18.3. The normalized spacial score (nSPS) is 16.6. The van der Waals surface area contributed by atoms with Crippen LogP contribution < -0.4 is 5.56 Å². The quantitative estimate of drug-likeness (QED) is 0.696. The Kier molecular flexibility index (Phi) is 4.90. The Hall–Kier alpha value is -3.09. The van der Waals surface area contributed by atoms with E-state index in [1.807, 2.05) is 0 Å². The van der Waals surface area contributed by atoms with Gasteiger partial charge in [0.1, 0.15) is 18.2 Å². The van der Waals surface area contributed by atoms with Crippen molar-refractivity contribution in [2.45, 2.75) is 19.4 Å². The van der Waals surface area contributed by atoms with Gasteiger partial charge in [-0.1, -0.05) is 12.1 Å². The maximum atomic E-state index is 13.4. The fourth-order valence-electron chi connectivity index (χ4n) is 3.75. The molecule has 1 aliphatic heterocycles. The Bertz CT molecular complexity index is 1080. The molecule has 0 aliphatic carbocycles. The molecule has 4 rings (SSSR count). The van der Waals surface area contributed by atoms with Crippen molar-refractivity contribution in [3.8, 4) is 0 Å². The molecule has 1 fully saturated rings. The lowest BCUT2D eigenvalue weighted by Gasteiger charge is -2.17. The van der Waals surface area contributed by atoms with E-state index in [0.717, 1.165) is 12.5 Å². The summed E-state index contributed by atoms with van der Waals surface area (Å²) in [5, 5.41) is 0.477. The number of aromatic nitrogens is 2. The molecule has 28 heavy (non-hydrogen) atoms. The predicted molar refractivity (Wildman–Crippen MR) is 101 cm³/mol. The fraction of sp³-hybridized carbons (Fsp3) is 0.286. The Morgan fingerprint density at radius 2 is 1.89 bits per heavy atom. The Balaban J connectivity index is 1.42. The van der Waals surface area contributed by atoms with Crippen LogP contribution in [0.15, 0.2) is 53.6 Å². The van der Waals surface area contributed by atoms with Gasteiger partial charge in [0.05, 0.1) is 17.2 Å². The first-order chi connectivity index (χ1) is 13.5. The smallest absolute Gasteiger partial charge is 0.261 e. The molecule has 1 aliphatic rings. The van der Waals surface area contributed by atoms with Gasteiger partial charge in [-0.15, -0.1) is 0 Å². The second-order valence-corrected chi connectivity index (χ2v) is 7.17. The molecular formula is C21H19F2N3O2. The summed E-state index contributed by atoms with van der Waals surface area (Å²) in [5.74, 6) is -1.21. The summed E-state index contributed by atoms with van der Waals surface area (Å²) in [7, 11) is 0. The zero-order chi connectivity index (χ0) is 19.7. The number of fused-ring (bicyclic) bond motifs is 1. The number of para-hydroxylation sites is 1. The van der Waals surface area contributed by atoms with Gasteiger partial charge in [-0.3, -0.25) is 14.2 Å². The van der Waals surface area contributed by atoms with E-state index in [4.69, 9.17) is 0 Å². The number of nitrogens with zero attached hydrogens (tertiary/aromatic N) is 3. The van der Waals surface area contributed by atoms with E-state index >= 15 is 0 Å².